The molecule has 0 radical (unpaired) electrons. The Morgan fingerprint density at radius 2 is 1.40 bits per heavy atom. The number of hydrogen-bond acceptors (Lipinski definition) is 1. The van der Waals surface area contributed by atoms with Crippen molar-refractivity contribution in [3.8, 4) is 0 Å². The molecule has 0 aliphatic rings. The highest BCUT2D eigenvalue weighted by Crippen LogP contribution is 2.07. The van der Waals surface area contributed by atoms with Crippen LogP contribution in [0.15, 0.2) is 0 Å². The Balaban J connectivity index is 0. The number of quaternary nitrogens is 1. The SMILES string of the molecule is CCCCCCCCCC[NH2+]C.[N-]=C=S. The lowest BCUT2D eigenvalue weighted by molar-refractivity contribution is -0.627. The zero-order valence-electron chi connectivity index (χ0n) is 10.3. The molecule has 90 valence electrons. The van der Waals surface area contributed by atoms with Crippen molar-refractivity contribution in [2.45, 2.75) is 58.3 Å². The van der Waals surface area contributed by atoms with Gasteiger partial charge in [0.25, 0.3) is 0 Å². The van der Waals surface area contributed by atoms with Crippen molar-refractivity contribution >= 4 is 17.4 Å². The van der Waals surface area contributed by atoms with Gasteiger partial charge in [-0.1, -0.05) is 57.7 Å². The van der Waals surface area contributed by atoms with Gasteiger partial charge in [-0.25, -0.2) is 0 Å². The maximum atomic E-state index is 7.13. The van der Waals surface area contributed by atoms with Crippen molar-refractivity contribution in [3.63, 3.8) is 0 Å². The molecule has 0 bridgehead atoms. The molecule has 0 fully saturated rings. The maximum absolute atomic E-state index is 7.13. The summed E-state index contributed by atoms with van der Waals surface area (Å²) in [6.45, 7) is 3.59. The molecule has 3 heteroatoms. The summed E-state index contributed by atoms with van der Waals surface area (Å²) in [6, 6.07) is 0. The predicted molar refractivity (Wildman–Crippen MR) is 71.3 cm³/mol. The van der Waals surface area contributed by atoms with Crippen LogP contribution in [0.1, 0.15) is 58.3 Å². The highest BCUT2D eigenvalue weighted by molar-refractivity contribution is 7.78. The van der Waals surface area contributed by atoms with E-state index in [1.165, 1.54) is 63.1 Å². The van der Waals surface area contributed by atoms with Gasteiger partial charge in [-0.15, -0.1) is 0 Å². The van der Waals surface area contributed by atoms with E-state index in [2.05, 4.69) is 31.5 Å². The van der Waals surface area contributed by atoms with Crippen LogP contribution < -0.4 is 5.32 Å². The number of nitrogens with zero attached hydrogens (tertiary/aromatic N) is 1. The molecule has 0 atom stereocenters. The minimum Gasteiger partial charge on any atom is -0.753 e. The second-order valence-corrected chi connectivity index (χ2v) is 3.95. The number of rotatable bonds is 9. The molecular formula is C12H26N2S. The normalized spacial score (nSPS) is 8.93. The lowest BCUT2D eigenvalue weighted by Crippen LogP contribution is -2.79. The Hall–Kier alpha value is -0.240. The number of hydrogen-bond donors (Lipinski definition) is 1. The van der Waals surface area contributed by atoms with Crippen LogP contribution in [0, 0.1) is 0 Å². The summed E-state index contributed by atoms with van der Waals surface area (Å²) in [5.74, 6) is 0. The minimum atomic E-state index is 1.31. The summed E-state index contributed by atoms with van der Waals surface area (Å²) >= 11 is 3.70. The van der Waals surface area contributed by atoms with Crippen LogP contribution in [0.4, 0.5) is 0 Å². The topological polar surface area (TPSA) is 38.9 Å². The van der Waals surface area contributed by atoms with Crippen LogP contribution in [-0.4, -0.2) is 18.8 Å². The van der Waals surface area contributed by atoms with Crippen molar-refractivity contribution in [3.05, 3.63) is 5.41 Å². The van der Waals surface area contributed by atoms with Gasteiger partial charge in [0.05, 0.1) is 13.6 Å². The maximum Gasteiger partial charge on any atom is 0.0753 e. The van der Waals surface area contributed by atoms with E-state index < -0.39 is 0 Å². The quantitative estimate of drug-likeness (QED) is 0.369. The first kappa shape index (κ1) is 17.2. The molecule has 0 spiro atoms. The van der Waals surface area contributed by atoms with Crippen LogP contribution in [0.3, 0.4) is 0 Å². The van der Waals surface area contributed by atoms with Gasteiger partial charge in [-0.3, -0.25) is 0 Å². The zero-order chi connectivity index (χ0) is 11.8. The molecule has 0 amide bonds. The first-order chi connectivity index (χ1) is 7.33. The van der Waals surface area contributed by atoms with Gasteiger partial charge in [-0.05, 0) is 12.8 Å². The van der Waals surface area contributed by atoms with Crippen LogP contribution in [0.5, 0.6) is 0 Å². The van der Waals surface area contributed by atoms with Gasteiger partial charge in [0.2, 0.25) is 0 Å². The Kier molecular flexibility index (Phi) is 22.1. The standard InChI is InChI=1S/C11H25N.CNS/c1-3-4-5-6-7-8-9-10-11-12-2;2-1-3/h12H,3-11H2,1-2H3;/q;-1/p+1. The molecule has 0 aliphatic heterocycles. The monoisotopic (exact) mass is 230 g/mol. The third-order valence-corrected chi connectivity index (χ3v) is 2.35. The summed E-state index contributed by atoms with van der Waals surface area (Å²) < 4.78 is 0. The van der Waals surface area contributed by atoms with E-state index in [9.17, 15) is 0 Å². The van der Waals surface area contributed by atoms with E-state index in [1.807, 2.05) is 0 Å². The first-order valence-corrected chi connectivity index (χ1v) is 6.53. The summed E-state index contributed by atoms with van der Waals surface area (Å²) in [5, 5.41) is 10.7. The third kappa shape index (κ3) is 24.8. The fraction of sp³-hybridized carbons (Fsp3) is 0.917. The van der Waals surface area contributed by atoms with Crippen molar-refractivity contribution in [2.75, 3.05) is 13.6 Å². The Morgan fingerprint density at radius 1 is 1.00 bits per heavy atom. The molecule has 0 saturated carbocycles. The van der Waals surface area contributed by atoms with E-state index in [1.54, 1.807) is 0 Å². The number of unbranched alkanes of at least 4 members (excludes halogenated alkanes) is 7. The molecule has 15 heavy (non-hydrogen) atoms. The average Bonchev–Trinajstić information content (AvgIpc) is 2.23. The van der Waals surface area contributed by atoms with Crippen molar-refractivity contribution in [1.82, 2.24) is 0 Å². The zero-order valence-corrected chi connectivity index (χ0v) is 11.1. The first-order valence-electron chi connectivity index (χ1n) is 6.12. The van der Waals surface area contributed by atoms with Gasteiger partial charge >= 0.3 is 0 Å². The van der Waals surface area contributed by atoms with Crippen LogP contribution in [-0.2, 0) is 0 Å². The Morgan fingerprint density at radius 3 is 1.80 bits per heavy atom. The van der Waals surface area contributed by atoms with Gasteiger partial charge in [-0.2, -0.15) is 5.16 Å². The van der Waals surface area contributed by atoms with Gasteiger partial charge in [0.15, 0.2) is 0 Å². The largest absolute Gasteiger partial charge is 0.753 e. The minimum absolute atomic E-state index is 1.31. The predicted octanol–water partition coefficient (Wildman–Crippen LogP) is 2.98. The van der Waals surface area contributed by atoms with Crippen LogP contribution in [0.25, 0.3) is 5.41 Å². The molecule has 0 aromatic rings. The fourth-order valence-corrected chi connectivity index (χ4v) is 1.48. The summed E-state index contributed by atoms with van der Waals surface area (Å²) in [5.41, 5.74) is 0. The fourth-order valence-electron chi connectivity index (χ4n) is 1.48. The van der Waals surface area contributed by atoms with Crippen molar-refractivity contribution < 1.29 is 5.32 Å². The molecule has 0 aromatic carbocycles. The van der Waals surface area contributed by atoms with Gasteiger partial charge in [0, 0.05) is 0 Å². The molecule has 0 saturated heterocycles. The van der Waals surface area contributed by atoms with Crippen molar-refractivity contribution in [1.29, 1.82) is 0 Å². The molecule has 2 N–H and O–H groups in total. The van der Waals surface area contributed by atoms with Crippen LogP contribution in [0.2, 0.25) is 0 Å². The smallest absolute Gasteiger partial charge is 0.0753 e. The molecule has 0 aromatic heterocycles. The second-order valence-electron chi connectivity index (χ2n) is 3.76. The van der Waals surface area contributed by atoms with E-state index in [-0.39, 0.29) is 0 Å². The molecular weight excluding hydrogens is 204 g/mol. The Bertz CT molecular complexity index is 122. The lowest BCUT2D eigenvalue weighted by atomic mass is 10.1. The number of nitrogens with two attached hydrogens (primary N) is 1. The average molecular weight is 230 g/mol. The third-order valence-electron chi connectivity index (χ3n) is 2.35. The molecule has 2 nitrogen and oxygen atoms in total. The van der Waals surface area contributed by atoms with E-state index in [0.717, 1.165) is 0 Å². The van der Waals surface area contributed by atoms with E-state index in [4.69, 9.17) is 5.41 Å². The molecule has 0 unspecified atom stereocenters. The lowest BCUT2D eigenvalue weighted by Gasteiger charge is -1.99. The van der Waals surface area contributed by atoms with Gasteiger partial charge in [0.1, 0.15) is 0 Å². The molecule has 0 rings (SSSR count). The van der Waals surface area contributed by atoms with Crippen LogP contribution >= 0.6 is 12.2 Å². The van der Waals surface area contributed by atoms with E-state index in [0.29, 0.717) is 0 Å². The number of thiocarbonyl (C=S) groups is 1. The Labute approximate surface area is 100 Å². The summed E-state index contributed by atoms with van der Waals surface area (Å²) in [7, 11) is 2.15. The second kappa shape index (κ2) is 19.4. The van der Waals surface area contributed by atoms with Crippen molar-refractivity contribution in [2.24, 2.45) is 0 Å². The highest BCUT2D eigenvalue weighted by Gasteiger charge is 1.90. The summed E-state index contributed by atoms with van der Waals surface area (Å²) in [4.78, 5) is 0. The summed E-state index contributed by atoms with van der Waals surface area (Å²) in [6.07, 6.45) is 11.5. The van der Waals surface area contributed by atoms with Gasteiger partial charge < -0.3 is 10.7 Å². The molecule has 0 heterocycles. The highest BCUT2D eigenvalue weighted by atomic mass is 32.1. The molecule has 0 aliphatic carbocycles. The van der Waals surface area contributed by atoms with E-state index >= 15 is 0 Å². The number of isothiocyanates is 1.